The topological polar surface area (TPSA) is 52.0 Å². The molecular formula is C16H26N2. The van der Waals surface area contributed by atoms with E-state index in [4.69, 9.17) is 11.5 Å². The molecule has 0 radical (unpaired) electrons. The maximum absolute atomic E-state index is 6.62. The van der Waals surface area contributed by atoms with Gasteiger partial charge in [-0.1, -0.05) is 19.1 Å². The first-order chi connectivity index (χ1) is 8.46. The molecule has 1 saturated carbocycles. The Hall–Kier alpha value is -0.860. The highest BCUT2D eigenvalue weighted by molar-refractivity contribution is 5.41. The fraction of sp³-hybridized carbons (Fsp3) is 0.625. The molecule has 2 heteroatoms. The molecule has 18 heavy (non-hydrogen) atoms. The van der Waals surface area contributed by atoms with Crippen LogP contribution in [0.2, 0.25) is 0 Å². The average molecular weight is 246 g/mol. The monoisotopic (exact) mass is 246 g/mol. The highest BCUT2D eigenvalue weighted by Crippen LogP contribution is 2.36. The Morgan fingerprint density at radius 2 is 1.67 bits per heavy atom. The van der Waals surface area contributed by atoms with E-state index in [0.717, 1.165) is 32.1 Å². The smallest absolute Gasteiger partial charge is 0.0411 e. The van der Waals surface area contributed by atoms with Gasteiger partial charge in [-0.25, -0.2) is 0 Å². The highest BCUT2D eigenvalue weighted by Gasteiger charge is 2.32. The van der Waals surface area contributed by atoms with Gasteiger partial charge in [0.2, 0.25) is 0 Å². The number of aryl methyl sites for hydroxylation is 2. The van der Waals surface area contributed by atoms with Crippen LogP contribution < -0.4 is 11.5 Å². The standard InChI is InChI=1S/C16H26N2/c1-4-15-11(2)9-13(10-12(15)3)16(18)7-5-14(17)6-8-16/h9-10,14H,4-8,17-18H2,1-3H3. The van der Waals surface area contributed by atoms with E-state index >= 15 is 0 Å². The zero-order valence-electron chi connectivity index (χ0n) is 11.9. The van der Waals surface area contributed by atoms with Crippen LogP contribution in [-0.2, 0) is 12.0 Å². The van der Waals surface area contributed by atoms with E-state index in [0.29, 0.717) is 6.04 Å². The molecule has 1 aromatic carbocycles. The van der Waals surface area contributed by atoms with Crippen molar-refractivity contribution in [2.75, 3.05) is 0 Å². The zero-order chi connectivity index (χ0) is 13.3. The third-order valence-electron chi connectivity index (χ3n) is 4.55. The van der Waals surface area contributed by atoms with Crippen LogP contribution in [0.1, 0.15) is 54.9 Å². The molecule has 1 aromatic rings. The van der Waals surface area contributed by atoms with Gasteiger partial charge in [-0.05, 0) is 68.2 Å². The van der Waals surface area contributed by atoms with Crippen molar-refractivity contribution in [3.8, 4) is 0 Å². The highest BCUT2D eigenvalue weighted by atomic mass is 14.8. The van der Waals surface area contributed by atoms with Crippen LogP contribution in [0.4, 0.5) is 0 Å². The summed E-state index contributed by atoms with van der Waals surface area (Å²) in [4.78, 5) is 0. The molecule has 2 rings (SSSR count). The molecule has 1 fully saturated rings. The van der Waals surface area contributed by atoms with Crippen molar-refractivity contribution in [2.45, 2.75) is 64.5 Å². The first-order valence-corrected chi connectivity index (χ1v) is 7.11. The number of rotatable bonds is 2. The maximum Gasteiger partial charge on any atom is 0.0411 e. The van der Waals surface area contributed by atoms with E-state index in [9.17, 15) is 0 Å². The van der Waals surface area contributed by atoms with Gasteiger partial charge in [0.15, 0.2) is 0 Å². The molecule has 0 spiro atoms. The fourth-order valence-corrected chi connectivity index (χ4v) is 3.28. The van der Waals surface area contributed by atoms with Crippen LogP contribution in [0.15, 0.2) is 12.1 Å². The number of hydrogen-bond acceptors (Lipinski definition) is 2. The van der Waals surface area contributed by atoms with Crippen LogP contribution in [0.3, 0.4) is 0 Å². The van der Waals surface area contributed by atoms with Gasteiger partial charge in [0.1, 0.15) is 0 Å². The minimum Gasteiger partial charge on any atom is -0.328 e. The first kappa shape index (κ1) is 13.6. The average Bonchev–Trinajstić information content (AvgIpc) is 2.33. The summed E-state index contributed by atoms with van der Waals surface area (Å²) in [6, 6.07) is 4.93. The minimum absolute atomic E-state index is 0.155. The van der Waals surface area contributed by atoms with Crippen molar-refractivity contribution in [3.05, 3.63) is 34.4 Å². The van der Waals surface area contributed by atoms with Gasteiger partial charge in [-0.15, -0.1) is 0 Å². The summed E-state index contributed by atoms with van der Waals surface area (Å²) in [7, 11) is 0. The second-order valence-electron chi connectivity index (χ2n) is 5.94. The van der Waals surface area contributed by atoms with Crippen molar-refractivity contribution in [1.29, 1.82) is 0 Å². The van der Waals surface area contributed by atoms with Crippen LogP contribution in [-0.4, -0.2) is 6.04 Å². The SMILES string of the molecule is CCc1c(C)cc(C2(N)CCC(N)CC2)cc1C. The van der Waals surface area contributed by atoms with Gasteiger partial charge in [-0.3, -0.25) is 0 Å². The molecular weight excluding hydrogens is 220 g/mol. The molecule has 0 saturated heterocycles. The molecule has 0 aromatic heterocycles. The Labute approximate surface area is 111 Å². The Morgan fingerprint density at radius 3 is 2.11 bits per heavy atom. The van der Waals surface area contributed by atoms with Crippen LogP contribution in [0, 0.1) is 13.8 Å². The van der Waals surface area contributed by atoms with E-state index in [-0.39, 0.29) is 5.54 Å². The lowest BCUT2D eigenvalue weighted by molar-refractivity contribution is 0.277. The summed E-state index contributed by atoms with van der Waals surface area (Å²) in [6.45, 7) is 6.62. The third-order valence-corrected chi connectivity index (χ3v) is 4.55. The Bertz CT molecular complexity index is 406. The summed E-state index contributed by atoms with van der Waals surface area (Å²) < 4.78 is 0. The summed E-state index contributed by atoms with van der Waals surface area (Å²) in [5.41, 5.74) is 18.0. The van der Waals surface area contributed by atoms with Crippen molar-refractivity contribution in [2.24, 2.45) is 11.5 Å². The molecule has 0 atom stereocenters. The largest absolute Gasteiger partial charge is 0.328 e. The number of hydrogen-bond donors (Lipinski definition) is 2. The van der Waals surface area contributed by atoms with Crippen LogP contribution in [0.25, 0.3) is 0 Å². The van der Waals surface area contributed by atoms with Gasteiger partial charge < -0.3 is 11.5 Å². The summed E-state index contributed by atoms with van der Waals surface area (Å²) in [6.07, 6.45) is 5.21. The zero-order valence-corrected chi connectivity index (χ0v) is 11.9. The molecule has 0 unspecified atom stereocenters. The Balaban J connectivity index is 2.34. The van der Waals surface area contributed by atoms with Gasteiger partial charge in [0.05, 0.1) is 0 Å². The van der Waals surface area contributed by atoms with E-state index in [1.54, 1.807) is 0 Å². The Morgan fingerprint density at radius 1 is 1.17 bits per heavy atom. The molecule has 0 aliphatic heterocycles. The Kier molecular flexibility index (Phi) is 3.79. The molecule has 4 N–H and O–H groups in total. The second-order valence-corrected chi connectivity index (χ2v) is 5.94. The lowest BCUT2D eigenvalue weighted by atomic mass is 9.74. The predicted octanol–water partition coefficient (Wildman–Crippen LogP) is 2.92. The molecule has 1 aliphatic carbocycles. The van der Waals surface area contributed by atoms with Crippen LogP contribution >= 0.6 is 0 Å². The first-order valence-electron chi connectivity index (χ1n) is 7.11. The van der Waals surface area contributed by atoms with Gasteiger partial charge in [0.25, 0.3) is 0 Å². The van der Waals surface area contributed by atoms with E-state index in [2.05, 4.69) is 32.9 Å². The predicted molar refractivity (Wildman–Crippen MR) is 77.6 cm³/mol. The number of nitrogens with two attached hydrogens (primary N) is 2. The summed E-state index contributed by atoms with van der Waals surface area (Å²) >= 11 is 0. The molecule has 100 valence electrons. The molecule has 2 nitrogen and oxygen atoms in total. The minimum atomic E-state index is -0.155. The van der Waals surface area contributed by atoms with Gasteiger partial charge in [0, 0.05) is 11.6 Å². The van der Waals surface area contributed by atoms with E-state index < -0.39 is 0 Å². The summed E-state index contributed by atoms with van der Waals surface area (Å²) in [5, 5.41) is 0. The quantitative estimate of drug-likeness (QED) is 0.843. The normalized spacial score (nSPS) is 28.4. The van der Waals surface area contributed by atoms with Crippen molar-refractivity contribution in [3.63, 3.8) is 0 Å². The molecule has 1 aliphatic rings. The van der Waals surface area contributed by atoms with Crippen LogP contribution in [0.5, 0.6) is 0 Å². The van der Waals surface area contributed by atoms with E-state index in [1.807, 2.05) is 0 Å². The van der Waals surface area contributed by atoms with Gasteiger partial charge >= 0.3 is 0 Å². The second kappa shape index (κ2) is 5.02. The van der Waals surface area contributed by atoms with Crippen molar-refractivity contribution < 1.29 is 0 Å². The summed E-state index contributed by atoms with van der Waals surface area (Å²) in [5.74, 6) is 0. The molecule has 0 amide bonds. The molecule has 0 heterocycles. The van der Waals surface area contributed by atoms with Crippen molar-refractivity contribution >= 4 is 0 Å². The third kappa shape index (κ3) is 2.45. The number of benzene rings is 1. The van der Waals surface area contributed by atoms with E-state index in [1.165, 1.54) is 22.3 Å². The lowest BCUT2D eigenvalue weighted by Gasteiger charge is -2.37. The molecule has 0 bridgehead atoms. The van der Waals surface area contributed by atoms with Crippen molar-refractivity contribution in [1.82, 2.24) is 0 Å². The fourth-order valence-electron chi connectivity index (χ4n) is 3.28. The van der Waals surface area contributed by atoms with Gasteiger partial charge in [-0.2, -0.15) is 0 Å². The lowest BCUT2D eigenvalue weighted by Crippen LogP contribution is -2.43. The maximum atomic E-state index is 6.62.